The Kier molecular flexibility index (Phi) is 5.44. The van der Waals surface area contributed by atoms with Gasteiger partial charge in [0.05, 0.1) is 11.4 Å². The molecule has 2 rings (SSSR count). The minimum Gasteiger partial charge on any atom is -0.312 e. The summed E-state index contributed by atoms with van der Waals surface area (Å²) < 4.78 is 2.05. The van der Waals surface area contributed by atoms with Crippen LogP contribution in [-0.2, 0) is 20.0 Å². The molecule has 120 valence electrons. The molecule has 0 aromatic carbocycles. The molecule has 1 N–H and O–H groups in total. The maximum Gasteiger partial charge on any atom is 0.0625 e. The summed E-state index contributed by atoms with van der Waals surface area (Å²) in [7, 11) is 2.06. The Balaban J connectivity index is 1.77. The smallest absolute Gasteiger partial charge is 0.0625 e. The summed E-state index contributed by atoms with van der Waals surface area (Å²) in [6.45, 7) is 13.5. The van der Waals surface area contributed by atoms with E-state index >= 15 is 0 Å². The first-order valence-corrected chi connectivity index (χ1v) is 8.36. The fraction of sp³-hybridized carbons (Fsp3) is 0.824. The molecule has 0 saturated carbocycles. The minimum absolute atomic E-state index is 0.238. The number of likely N-dealkylation sites (tertiary alicyclic amines) is 1. The molecule has 1 saturated heterocycles. The van der Waals surface area contributed by atoms with Gasteiger partial charge >= 0.3 is 0 Å². The lowest BCUT2D eigenvalue weighted by Crippen LogP contribution is -2.42. The van der Waals surface area contributed by atoms with Crippen molar-refractivity contribution >= 4 is 0 Å². The van der Waals surface area contributed by atoms with Crippen LogP contribution in [0.15, 0.2) is 6.07 Å². The molecule has 0 spiro atoms. The van der Waals surface area contributed by atoms with E-state index in [-0.39, 0.29) is 5.54 Å². The Hall–Kier alpha value is -0.870. The van der Waals surface area contributed by atoms with E-state index in [2.05, 4.69) is 56.1 Å². The molecule has 4 nitrogen and oxygen atoms in total. The number of aryl methyl sites for hydroxylation is 2. The third kappa shape index (κ3) is 5.11. The highest BCUT2D eigenvalue weighted by atomic mass is 15.3. The molecule has 1 aromatic heterocycles. The minimum atomic E-state index is 0.238. The van der Waals surface area contributed by atoms with Crippen molar-refractivity contribution in [1.29, 1.82) is 0 Å². The van der Waals surface area contributed by atoms with Crippen molar-refractivity contribution in [3.63, 3.8) is 0 Å². The van der Waals surface area contributed by atoms with Crippen molar-refractivity contribution in [3.8, 4) is 0 Å². The van der Waals surface area contributed by atoms with E-state index in [4.69, 9.17) is 0 Å². The summed E-state index contributed by atoms with van der Waals surface area (Å²) in [4.78, 5) is 2.57. The lowest BCUT2D eigenvalue weighted by atomic mass is 9.95. The van der Waals surface area contributed by atoms with Crippen LogP contribution in [0.25, 0.3) is 0 Å². The zero-order chi connectivity index (χ0) is 15.5. The maximum atomic E-state index is 4.55. The van der Waals surface area contributed by atoms with Crippen LogP contribution in [0.4, 0.5) is 0 Å². The van der Waals surface area contributed by atoms with Crippen LogP contribution in [0, 0.1) is 5.92 Å². The predicted molar refractivity (Wildman–Crippen MR) is 88.3 cm³/mol. The molecular formula is C17H32N4. The summed E-state index contributed by atoms with van der Waals surface area (Å²) in [5.74, 6) is 0.832. The van der Waals surface area contributed by atoms with Gasteiger partial charge in [-0.25, -0.2) is 0 Å². The number of hydrogen-bond acceptors (Lipinski definition) is 3. The molecule has 4 heteroatoms. The van der Waals surface area contributed by atoms with Crippen molar-refractivity contribution in [2.75, 3.05) is 19.6 Å². The van der Waals surface area contributed by atoms with Crippen molar-refractivity contribution < 1.29 is 0 Å². The summed E-state index contributed by atoms with van der Waals surface area (Å²) in [6, 6.07) is 2.26. The van der Waals surface area contributed by atoms with Crippen LogP contribution >= 0.6 is 0 Å². The molecule has 0 amide bonds. The van der Waals surface area contributed by atoms with Gasteiger partial charge in [0, 0.05) is 19.1 Å². The van der Waals surface area contributed by atoms with Gasteiger partial charge in [0.1, 0.15) is 0 Å². The average molecular weight is 292 g/mol. The van der Waals surface area contributed by atoms with Gasteiger partial charge in [-0.15, -0.1) is 0 Å². The van der Waals surface area contributed by atoms with Gasteiger partial charge in [0.2, 0.25) is 0 Å². The van der Waals surface area contributed by atoms with Crippen LogP contribution in [-0.4, -0.2) is 39.9 Å². The van der Waals surface area contributed by atoms with Crippen LogP contribution in [0.5, 0.6) is 0 Å². The molecule has 2 heterocycles. The molecule has 1 aliphatic rings. The van der Waals surface area contributed by atoms with Crippen molar-refractivity contribution in [2.45, 2.75) is 59.0 Å². The second-order valence-electron chi connectivity index (χ2n) is 7.45. The first-order valence-electron chi connectivity index (χ1n) is 8.36. The Bertz CT molecular complexity index is 436. The molecule has 0 bridgehead atoms. The SMILES string of the molecule is CCc1cc(CN2CCC(CNC(C)(C)C)CC2)n(C)n1. The fourth-order valence-corrected chi connectivity index (χ4v) is 2.92. The van der Waals surface area contributed by atoms with Crippen LogP contribution in [0.3, 0.4) is 0 Å². The molecule has 1 aliphatic heterocycles. The topological polar surface area (TPSA) is 33.1 Å². The van der Waals surface area contributed by atoms with E-state index < -0.39 is 0 Å². The highest BCUT2D eigenvalue weighted by Crippen LogP contribution is 2.19. The molecule has 1 fully saturated rings. The van der Waals surface area contributed by atoms with Gasteiger partial charge in [-0.1, -0.05) is 6.92 Å². The van der Waals surface area contributed by atoms with E-state index in [1.807, 2.05) is 4.68 Å². The Morgan fingerprint density at radius 1 is 1.29 bits per heavy atom. The van der Waals surface area contributed by atoms with Gasteiger partial charge in [-0.3, -0.25) is 9.58 Å². The summed E-state index contributed by atoms with van der Waals surface area (Å²) in [6.07, 6.45) is 3.64. The molecule has 1 aromatic rings. The number of aromatic nitrogens is 2. The summed E-state index contributed by atoms with van der Waals surface area (Å²) in [5, 5.41) is 8.19. The Morgan fingerprint density at radius 2 is 1.95 bits per heavy atom. The van der Waals surface area contributed by atoms with Crippen LogP contribution in [0.2, 0.25) is 0 Å². The number of hydrogen-bond donors (Lipinski definition) is 1. The Morgan fingerprint density at radius 3 is 2.48 bits per heavy atom. The third-order valence-corrected chi connectivity index (χ3v) is 4.40. The number of nitrogens with one attached hydrogen (secondary N) is 1. The van der Waals surface area contributed by atoms with Crippen LogP contribution < -0.4 is 5.32 Å². The summed E-state index contributed by atoms with van der Waals surface area (Å²) in [5.41, 5.74) is 2.79. The predicted octanol–water partition coefficient (Wildman–Crippen LogP) is 2.58. The lowest BCUT2D eigenvalue weighted by Gasteiger charge is -2.33. The third-order valence-electron chi connectivity index (χ3n) is 4.40. The molecule has 0 atom stereocenters. The first-order chi connectivity index (χ1) is 9.87. The highest BCUT2D eigenvalue weighted by molar-refractivity contribution is 5.10. The standard InChI is InChI=1S/C17H32N4/c1-6-15-11-16(20(5)19-15)13-21-9-7-14(8-10-21)12-18-17(2,3)4/h11,14,18H,6-10,12-13H2,1-5H3. The largest absolute Gasteiger partial charge is 0.312 e. The molecule has 0 unspecified atom stereocenters. The number of rotatable bonds is 5. The fourth-order valence-electron chi connectivity index (χ4n) is 2.92. The molecule has 0 radical (unpaired) electrons. The van der Waals surface area contributed by atoms with E-state index in [1.54, 1.807) is 0 Å². The van der Waals surface area contributed by atoms with Gasteiger partial charge < -0.3 is 5.32 Å². The summed E-state index contributed by atoms with van der Waals surface area (Å²) >= 11 is 0. The average Bonchev–Trinajstić information content (AvgIpc) is 2.78. The maximum absolute atomic E-state index is 4.55. The molecule has 21 heavy (non-hydrogen) atoms. The van der Waals surface area contributed by atoms with Crippen molar-refractivity contribution in [3.05, 3.63) is 17.5 Å². The van der Waals surface area contributed by atoms with Gasteiger partial charge in [0.15, 0.2) is 0 Å². The lowest BCUT2D eigenvalue weighted by molar-refractivity contribution is 0.167. The van der Waals surface area contributed by atoms with Gasteiger partial charge in [-0.05, 0) is 71.7 Å². The van der Waals surface area contributed by atoms with Crippen molar-refractivity contribution in [1.82, 2.24) is 20.0 Å². The van der Waals surface area contributed by atoms with E-state index in [9.17, 15) is 0 Å². The molecule has 0 aliphatic carbocycles. The second-order valence-corrected chi connectivity index (χ2v) is 7.45. The van der Waals surface area contributed by atoms with E-state index in [1.165, 1.54) is 37.3 Å². The number of nitrogens with zero attached hydrogens (tertiary/aromatic N) is 3. The monoisotopic (exact) mass is 292 g/mol. The second kappa shape index (κ2) is 6.93. The first kappa shape index (κ1) is 16.5. The van der Waals surface area contributed by atoms with Gasteiger partial charge in [0.25, 0.3) is 0 Å². The number of piperidine rings is 1. The van der Waals surface area contributed by atoms with Gasteiger partial charge in [-0.2, -0.15) is 5.10 Å². The van der Waals surface area contributed by atoms with E-state index in [0.717, 1.165) is 25.4 Å². The zero-order valence-electron chi connectivity index (χ0n) is 14.4. The Labute approximate surface area is 129 Å². The normalized spacial score (nSPS) is 18.3. The van der Waals surface area contributed by atoms with Crippen LogP contribution in [0.1, 0.15) is 51.9 Å². The molecular weight excluding hydrogens is 260 g/mol. The quantitative estimate of drug-likeness (QED) is 0.905. The van der Waals surface area contributed by atoms with E-state index in [0.29, 0.717) is 0 Å². The zero-order valence-corrected chi connectivity index (χ0v) is 14.4. The highest BCUT2D eigenvalue weighted by Gasteiger charge is 2.21. The van der Waals surface area contributed by atoms with Crippen molar-refractivity contribution in [2.24, 2.45) is 13.0 Å².